The van der Waals surface area contributed by atoms with Gasteiger partial charge in [-0.15, -0.1) is 0 Å². The minimum absolute atomic E-state index is 0.261. The van der Waals surface area contributed by atoms with E-state index in [1.165, 1.54) is 0 Å². The lowest BCUT2D eigenvalue weighted by Gasteiger charge is -2.33. The molecule has 0 fully saturated rings. The van der Waals surface area contributed by atoms with Gasteiger partial charge in [0.15, 0.2) is 5.45 Å². The highest BCUT2D eigenvalue weighted by Gasteiger charge is 2.40. The van der Waals surface area contributed by atoms with Gasteiger partial charge in [0.1, 0.15) is 0 Å². The summed E-state index contributed by atoms with van der Waals surface area (Å²) in [5.74, 6) is -0.465. The lowest BCUT2D eigenvalue weighted by Crippen LogP contribution is -2.30. The first-order valence-electron chi connectivity index (χ1n) is 10.1. The smallest absolute Gasteiger partial charge is 0.360 e. The lowest BCUT2D eigenvalue weighted by molar-refractivity contribution is -0.134. The molecule has 0 radical (unpaired) electrons. The maximum absolute atomic E-state index is 13.1. The minimum atomic E-state index is -2.73. The van der Waals surface area contributed by atoms with Crippen molar-refractivity contribution < 1.29 is 9.53 Å². The highest BCUT2D eigenvalue weighted by Crippen LogP contribution is 2.61. The predicted molar refractivity (Wildman–Crippen MR) is 133 cm³/mol. The van der Waals surface area contributed by atoms with E-state index < -0.39 is 12.0 Å². The average molecular weight is 447 g/mol. The number of hydrazone groups is 1. The van der Waals surface area contributed by atoms with E-state index in [0.717, 1.165) is 27.4 Å². The van der Waals surface area contributed by atoms with Crippen LogP contribution in [0.5, 0.6) is 0 Å². The Morgan fingerprint density at radius 1 is 0.968 bits per heavy atom. The van der Waals surface area contributed by atoms with E-state index in [1.54, 1.807) is 11.9 Å². The summed E-state index contributed by atoms with van der Waals surface area (Å²) in [5.41, 5.74) is 3.27. The second-order valence-corrected chi connectivity index (χ2v) is 11.4. The molecule has 1 aliphatic heterocycles. The summed E-state index contributed by atoms with van der Waals surface area (Å²) in [6, 6.07) is 25.1. The summed E-state index contributed by atoms with van der Waals surface area (Å²) in [6.07, 6.45) is 1.97. The third-order valence-corrected chi connectivity index (χ3v) is 9.72. The molecule has 0 spiro atoms. The normalized spacial score (nSPS) is 18.2. The van der Waals surface area contributed by atoms with Gasteiger partial charge >= 0.3 is 5.97 Å². The largest absolute Gasteiger partial charge is 0.461 e. The molecular weight excluding hydrogens is 423 g/mol. The van der Waals surface area contributed by atoms with Crippen molar-refractivity contribution in [1.82, 2.24) is 0 Å². The van der Waals surface area contributed by atoms with Crippen molar-refractivity contribution in [2.45, 2.75) is 13.8 Å². The number of hydrogen-bond acceptors (Lipinski definition) is 5. The molecule has 0 bridgehead atoms. The number of nitrogens with zero attached hydrogens (tertiary/aromatic N) is 2. The lowest BCUT2D eigenvalue weighted by atomic mass is 10.2. The van der Waals surface area contributed by atoms with Gasteiger partial charge in [0.2, 0.25) is 0 Å². The molecule has 4 rings (SSSR count). The van der Waals surface area contributed by atoms with Crippen LogP contribution in [0.2, 0.25) is 0 Å². The molecule has 0 saturated heterocycles. The van der Waals surface area contributed by atoms with Crippen LogP contribution in [0, 0.1) is 6.92 Å². The fraction of sp³-hybridized carbons (Fsp3) is 0.120. The summed E-state index contributed by atoms with van der Waals surface area (Å²) >= 11 is 6.34. The van der Waals surface area contributed by atoms with Gasteiger partial charge in [-0.25, -0.2) is 9.80 Å². The number of aryl methyl sites for hydroxylation is 1. The van der Waals surface area contributed by atoms with Crippen LogP contribution < -0.4 is 10.3 Å². The number of carbonyl (C=O) groups is 1. The number of ether oxygens (including phenoxy) is 1. The first-order chi connectivity index (χ1) is 15.0. The van der Waals surface area contributed by atoms with E-state index in [4.69, 9.17) is 21.6 Å². The highest BCUT2D eigenvalue weighted by atomic mass is 32.4. The van der Waals surface area contributed by atoms with Crippen LogP contribution >= 0.6 is 6.04 Å². The molecule has 3 aromatic carbocycles. The molecule has 1 heterocycles. The summed E-state index contributed by atoms with van der Waals surface area (Å²) in [4.78, 5) is 13.1. The standard InChI is InChI=1S/C25H23N2O2PS/c1-3-29-25(28)24-26-27(21-16-14-19(2)15-17-21)18-23(20-10-6-4-7-11-20)30(24,31)22-12-8-5-9-13-22/h4-18H,3H2,1-2H3. The van der Waals surface area contributed by atoms with Crippen LogP contribution in [0.3, 0.4) is 0 Å². The van der Waals surface area contributed by atoms with Crippen molar-refractivity contribution >= 4 is 45.6 Å². The highest BCUT2D eigenvalue weighted by molar-refractivity contribution is 8.32. The van der Waals surface area contributed by atoms with E-state index in [2.05, 4.69) is 0 Å². The molecule has 0 N–H and O–H groups in total. The van der Waals surface area contributed by atoms with Crippen LogP contribution in [0.25, 0.3) is 5.31 Å². The Hall–Kier alpha value is -3.01. The second kappa shape index (κ2) is 9.01. The fourth-order valence-electron chi connectivity index (χ4n) is 3.46. The minimum Gasteiger partial charge on any atom is -0.461 e. The number of hydrogen-bond donors (Lipinski definition) is 0. The van der Waals surface area contributed by atoms with Crippen molar-refractivity contribution in [2.24, 2.45) is 5.10 Å². The number of anilines is 1. The van der Waals surface area contributed by atoms with Crippen LogP contribution in [0.15, 0.2) is 96.2 Å². The van der Waals surface area contributed by atoms with Crippen LogP contribution in [-0.2, 0) is 21.3 Å². The number of benzene rings is 3. The van der Waals surface area contributed by atoms with Gasteiger partial charge in [-0.3, -0.25) is 0 Å². The molecule has 0 aliphatic carbocycles. The summed E-state index contributed by atoms with van der Waals surface area (Å²) in [7, 11) is 0. The van der Waals surface area contributed by atoms with Crippen molar-refractivity contribution in [3.8, 4) is 0 Å². The van der Waals surface area contributed by atoms with Gasteiger partial charge in [0.25, 0.3) is 0 Å². The Morgan fingerprint density at radius 2 is 1.58 bits per heavy atom. The van der Waals surface area contributed by atoms with E-state index in [-0.39, 0.29) is 12.1 Å². The Labute approximate surface area is 187 Å². The van der Waals surface area contributed by atoms with E-state index in [0.29, 0.717) is 0 Å². The zero-order valence-electron chi connectivity index (χ0n) is 17.4. The Kier molecular flexibility index (Phi) is 6.17. The molecular formula is C25H23N2O2PS. The molecule has 4 nitrogen and oxygen atoms in total. The Morgan fingerprint density at radius 3 is 2.19 bits per heavy atom. The predicted octanol–water partition coefficient (Wildman–Crippen LogP) is 5.50. The molecule has 0 amide bonds. The SMILES string of the molecule is CCOC(=O)C1=NN(c2ccc(C)cc2)C=C(c2ccccc2)P1(=S)c1ccccc1. The van der Waals surface area contributed by atoms with E-state index in [1.807, 2.05) is 98.1 Å². The van der Waals surface area contributed by atoms with Gasteiger partial charge in [-0.1, -0.05) is 90.2 Å². The molecule has 6 heteroatoms. The van der Waals surface area contributed by atoms with Crippen LogP contribution in [-0.4, -0.2) is 18.0 Å². The third kappa shape index (κ3) is 4.12. The van der Waals surface area contributed by atoms with Crippen LogP contribution in [0.4, 0.5) is 5.69 Å². The zero-order valence-corrected chi connectivity index (χ0v) is 19.1. The summed E-state index contributed by atoms with van der Waals surface area (Å²) in [6.45, 7) is 4.09. The van der Waals surface area contributed by atoms with E-state index >= 15 is 0 Å². The monoisotopic (exact) mass is 446 g/mol. The van der Waals surface area contributed by atoms with Gasteiger partial charge in [-0.2, -0.15) is 5.10 Å². The Bertz CT molecular complexity index is 1190. The maximum Gasteiger partial charge on any atom is 0.360 e. The van der Waals surface area contributed by atoms with E-state index in [9.17, 15) is 4.79 Å². The average Bonchev–Trinajstić information content (AvgIpc) is 2.81. The number of esters is 1. The fourth-order valence-corrected chi connectivity index (χ4v) is 7.29. The summed E-state index contributed by atoms with van der Waals surface area (Å²) < 4.78 is 5.42. The van der Waals surface area contributed by atoms with Crippen molar-refractivity contribution in [3.05, 3.63) is 102 Å². The molecule has 156 valence electrons. The maximum atomic E-state index is 13.1. The zero-order chi connectivity index (χ0) is 21.8. The summed E-state index contributed by atoms with van der Waals surface area (Å²) in [5, 5.41) is 8.31. The molecule has 1 unspecified atom stereocenters. The second-order valence-electron chi connectivity index (χ2n) is 7.15. The first kappa shape index (κ1) is 21.2. The topological polar surface area (TPSA) is 41.9 Å². The van der Waals surface area contributed by atoms with Gasteiger partial charge in [0, 0.05) is 11.5 Å². The van der Waals surface area contributed by atoms with Gasteiger partial charge in [0.05, 0.1) is 18.3 Å². The van der Waals surface area contributed by atoms with Crippen molar-refractivity contribution in [2.75, 3.05) is 11.6 Å². The molecule has 0 saturated carbocycles. The molecule has 0 aromatic heterocycles. The Balaban J connectivity index is 1.97. The number of carbonyl (C=O) groups excluding carboxylic acids is 1. The van der Waals surface area contributed by atoms with Crippen LogP contribution in [0.1, 0.15) is 18.1 Å². The van der Waals surface area contributed by atoms with Gasteiger partial charge in [-0.05, 0) is 36.8 Å². The molecule has 1 atom stereocenters. The number of rotatable bonds is 5. The van der Waals surface area contributed by atoms with Crippen molar-refractivity contribution in [3.63, 3.8) is 0 Å². The first-order valence-corrected chi connectivity index (χ1v) is 12.9. The molecule has 3 aromatic rings. The quantitative estimate of drug-likeness (QED) is 0.384. The molecule has 1 aliphatic rings. The third-order valence-electron chi connectivity index (χ3n) is 5.03. The van der Waals surface area contributed by atoms with Crippen molar-refractivity contribution in [1.29, 1.82) is 0 Å². The van der Waals surface area contributed by atoms with Gasteiger partial charge < -0.3 is 4.74 Å². The molecule has 31 heavy (non-hydrogen) atoms.